The van der Waals surface area contributed by atoms with Crippen molar-refractivity contribution in [3.8, 4) is 0 Å². The quantitative estimate of drug-likeness (QED) is 0.703. The Morgan fingerprint density at radius 3 is 2.59 bits per heavy atom. The number of rotatable bonds is 0. The Bertz CT molecular complexity index is 325. The van der Waals surface area contributed by atoms with Gasteiger partial charge >= 0.3 is 0 Å². The molecular weight excluding hydrogens is 212 g/mol. The molecule has 1 saturated heterocycles. The zero-order valence-electron chi connectivity index (χ0n) is 11.6. The minimum atomic E-state index is -0.125. The Labute approximate surface area is 105 Å². The van der Waals surface area contributed by atoms with Gasteiger partial charge < -0.3 is 9.84 Å². The average molecular weight is 238 g/mol. The summed E-state index contributed by atoms with van der Waals surface area (Å²) in [6.07, 6.45) is 4.49. The summed E-state index contributed by atoms with van der Waals surface area (Å²) >= 11 is 0. The van der Waals surface area contributed by atoms with E-state index in [-0.39, 0.29) is 17.3 Å². The molecule has 0 aromatic carbocycles. The van der Waals surface area contributed by atoms with Gasteiger partial charge in [-0.2, -0.15) is 0 Å². The third-order valence-electron chi connectivity index (χ3n) is 6.14. The van der Waals surface area contributed by atoms with Crippen LogP contribution in [-0.2, 0) is 4.74 Å². The number of ether oxygens (including phenoxy) is 1. The first-order valence-corrected chi connectivity index (χ1v) is 7.25. The monoisotopic (exact) mass is 238 g/mol. The SMILES string of the molecule is CC1CC[C@@H]2[C@@H](C)[C@@H](O)C[C@@H]3C[C@]12OC3(C)C. The molecule has 2 aliphatic carbocycles. The van der Waals surface area contributed by atoms with Crippen molar-refractivity contribution in [2.75, 3.05) is 0 Å². The van der Waals surface area contributed by atoms with Crippen molar-refractivity contribution in [2.24, 2.45) is 23.7 Å². The van der Waals surface area contributed by atoms with Crippen molar-refractivity contribution in [2.45, 2.75) is 70.7 Å². The lowest BCUT2D eigenvalue weighted by Crippen LogP contribution is -2.46. The van der Waals surface area contributed by atoms with Gasteiger partial charge in [0.05, 0.1) is 17.3 Å². The Morgan fingerprint density at radius 2 is 1.88 bits per heavy atom. The summed E-state index contributed by atoms with van der Waals surface area (Å²) in [5, 5.41) is 10.4. The first-order valence-electron chi connectivity index (χ1n) is 7.25. The highest BCUT2D eigenvalue weighted by atomic mass is 16.5. The molecule has 1 spiro atoms. The fourth-order valence-electron chi connectivity index (χ4n) is 4.91. The van der Waals surface area contributed by atoms with Gasteiger partial charge in [-0.15, -0.1) is 0 Å². The lowest BCUT2D eigenvalue weighted by molar-refractivity contribution is -0.158. The molecule has 17 heavy (non-hydrogen) atoms. The van der Waals surface area contributed by atoms with Crippen molar-refractivity contribution in [3.63, 3.8) is 0 Å². The predicted octanol–water partition coefficient (Wildman–Crippen LogP) is 2.99. The second-order valence-corrected chi connectivity index (χ2v) is 7.31. The molecule has 1 heterocycles. The summed E-state index contributed by atoms with van der Waals surface area (Å²) in [6, 6.07) is 0. The molecule has 0 radical (unpaired) electrons. The Balaban J connectivity index is 2.03. The van der Waals surface area contributed by atoms with Crippen molar-refractivity contribution in [1.82, 2.24) is 0 Å². The van der Waals surface area contributed by atoms with E-state index in [2.05, 4.69) is 27.7 Å². The smallest absolute Gasteiger partial charge is 0.0750 e. The maximum Gasteiger partial charge on any atom is 0.0750 e. The van der Waals surface area contributed by atoms with E-state index in [0.29, 0.717) is 23.7 Å². The molecule has 0 amide bonds. The standard InChI is InChI=1S/C15H26O2/c1-9-5-6-12-10(2)13(16)7-11-8-15(9,12)17-14(11,3)4/h9-13,16H,5-8H2,1-4H3/t9?,10-,11-,12-,13+,15+/m1/s1. The van der Waals surface area contributed by atoms with Gasteiger partial charge in [-0.05, 0) is 63.2 Å². The highest BCUT2D eigenvalue weighted by molar-refractivity contribution is 5.11. The molecule has 3 rings (SSSR count). The first kappa shape index (κ1) is 12.0. The van der Waals surface area contributed by atoms with Gasteiger partial charge in [-0.1, -0.05) is 13.8 Å². The summed E-state index contributed by atoms with van der Waals surface area (Å²) in [4.78, 5) is 0. The summed E-state index contributed by atoms with van der Waals surface area (Å²) in [7, 11) is 0. The normalized spacial score (nSPS) is 56.6. The van der Waals surface area contributed by atoms with Crippen LogP contribution in [0.1, 0.15) is 53.4 Å². The predicted molar refractivity (Wildman–Crippen MR) is 67.7 cm³/mol. The largest absolute Gasteiger partial charge is 0.393 e. The van der Waals surface area contributed by atoms with Gasteiger partial charge in [0.2, 0.25) is 0 Å². The maximum absolute atomic E-state index is 10.4. The van der Waals surface area contributed by atoms with E-state index in [1.165, 1.54) is 19.3 Å². The molecule has 2 bridgehead atoms. The van der Waals surface area contributed by atoms with Crippen molar-refractivity contribution < 1.29 is 9.84 Å². The van der Waals surface area contributed by atoms with E-state index >= 15 is 0 Å². The van der Waals surface area contributed by atoms with Crippen LogP contribution in [0.5, 0.6) is 0 Å². The van der Waals surface area contributed by atoms with Crippen LogP contribution in [-0.4, -0.2) is 22.4 Å². The molecule has 0 aromatic rings. The first-order chi connectivity index (χ1) is 7.87. The summed E-state index contributed by atoms with van der Waals surface area (Å²) in [5.41, 5.74) is 0.0308. The molecule has 0 aromatic heterocycles. The second-order valence-electron chi connectivity index (χ2n) is 7.31. The minimum absolute atomic E-state index is 0.0437. The Morgan fingerprint density at radius 1 is 1.18 bits per heavy atom. The van der Waals surface area contributed by atoms with E-state index in [4.69, 9.17) is 4.74 Å². The van der Waals surface area contributed by atoms with Crippen LogP contribution in [0.25, 0.3) is 0 Å². The van der Waals surface area contributed by atoms with Crippen LogP contribution in [0.15, 0.2) is 0 Å². The van der Waals surface area contributed by atoms with E-state index in [1.807, 2.05) is 0 Å². The number of fused-ring (bicyclic) bond motifs is 1. The highest BCUT2D eigenvalue weighted by Crippen LogP contribution is 2.61. The van der Waals surface area contributed by atoms with Gasteiger partial charge in [0.1, 0.15) is 0 Å². The molecule has 1 aliphatic heterocycles. The van der Waals surface area contributed by atoms with E-state index in [1.54, 1.807) is 0 Å². The van der Waals surface area contributed by atoms with Gasteiger partial charge in [0, 0.05) is 0 Å². The minimum Gasteiger partial charge on any atom is -0.393 e. The lowest BCUT2D eigenvalue weighted by Gasteiger charge is -2.42. The number of aliphatic hydroxyl groups excluding tert-OH is 1. The third-order valence-corrected chi connectivity index (χ3v) is 6.14. The lowest BCUT2D eigenvalue weighted by atomic mass is 9.76. The van der Waals surface area contributed by atoms with E-state index in [9.17, 15) is 5.11 Å². The van der Waals surface area contributed by atoms with Gasteiger partial charge in [0.25, 0.3) is 0 Å². The van der Waals surface area contributed by atoms with Gasteiger partial charge in [0.15, 0.2) is 0 Å². The molecule has 3 aliphatic rings. The molecule has 2 nitrogen and oxygen atoms in total. The molecule has 6 atom stereocenters. The zero-order chi connectivity index (χ0) is 12.4. The van der Waals surface area contributed by atoms with Crippen molar-refractivity contribution in [1.29, 1.82) is 0 Å². The summed E-state index contributed by atoms with van der Waals surface area (Å²) < 4.78 is 6.58. The molecular formula is C15H26O2. The van der Waals surface area contributed by atoms with Crippen LogP contribution < -0.4 is 0 Å². The van der Waals surface area contributed by atoms with Crippen LogP contribution >= 0.6 is 0 Å². The molecule has 1 unspecified atom stereocenters. The van der Waals surface area contributed by atoms with Gasteiger partial charge in [-0.3, -0.25) is 0 Å². The van der Waals surface area contributed by atoms with Crippen LogP contribution in [0, 0.1) is 23.7 Å². The van der Waals surface area contributed by atoms with E-state index < -0.39 is 0 Å². The molecule has 1 N–H and O–H groups in total. The van der Waals surface area contributed by atoms with Crippen LogP contribution in [0.2, 0.25) is 0 Å². The van der Waals surface area contributed by atoms with Crippen LogP contribution in [0.4, 0.5) is 0 Å². The third kappa shape index (κ3) is 1.46. The fraction of sp³-hybridized carbons (Fsp3) is 1.00. The van der Waals surface area contributed by atoms with Crippen LogP contribution in [0.3, 0.4) is 0 Å². The van der Waals surface area contributed by atoms with Crippen molar-refractivity contribution >= 4 is 0 Å². The van der Waals surface area contributed by atoms with E-state index in [0.717, 1.165) is 6.42 Å². The average Bonchev–Trinajstić information content (AvgIpc) is 2.63. The summed E-state index contributed by atoms with van der Waals surface area (Å²) in [6.45, 7) is 9.02. The maximum atomic E-state index is 10.4. The molecule has 98 valence electrons. The molecule has 2 heteroatoms. The number of hydrogen-bond donors (Lipinski definition) is 1. The molecule has 3 fully saturated rings. The topological polar surface area (TPSA) is 29.5 Å². The number of aliphatic hydroxyl groups is 1. The second kappa shape index (κ2) is 3.48. The highest BCUT2D eigenvalue weighted by Gasteiger charge is 2.63. The number of hydrogen-bond acceptors (Lipinski definition) is 2. The molecule has 2 saturated carbocycles. The Hall–Kier alpha value is -0.0800. The fourth-order valence-corrected chi connectivity index (χ4v) is 4.91. The van der Waals surface area contributed by atoms with Gasteiger partial charge in [-0.25, -0.2) is 0 Å². The zero-order valence-corrected chi connectivity index (χ0v) is 11.6. The van der Waals surface area contributed by atoms with Crippen molar-refractivity contribution in [3.05, 3.63) is 0 Å². The Kier molecular flexibility index (Phi) is 2.45. The summed E-state index contributed by atoms with van der Waals surface area (Å²) in [5.74, 6) is 2.16.